The zero-order chi connectivity index (χ0) is 8.48. The molecular weight excluding hydrogens is 152 g/mol. The van der Waals surface area contributed by atoms with E-state index in [4.69, 9.17) is 5.11 Å². The normalized spacial score (nSPS) is 33.3. The number of likely N-dealkylation sites (tertiary alicyclic amines) is 1. The summed E-state index contributed by atoms with van der Waals surface area (Å²) in [6.45, 7) is 0.320. The van der Waals surface area contributed by atoms with Crippen molar-refractivity contribution < 1.29 is 13.9 Å². The van der Waals surface area contributed by atoms with Crippen molar-refractivity contribution in [3.8, 4) is 0 Å². The predicted molar refractivity (Wildman–Crippen MR) is 37.7 cm³/mol. The van der Waals surface area contributed by atoms with Gasteiger partial charge in [-0.25, -0.2) is 8.78 Å². The molecule has 0 aliphatic carbocycles. The fraction of sp³-hybridized carbons (Fsp3) is 1.00. The minimum absolute atomic E-state index is 0.206. The Kier molecular flexibility index (Phi) is 2.44. The van der Waals surface area contributed by atoms with Crippen LogP contribution in [0.15, 0.2) is 0 Å². The van der Waals surface area contributed by atoms with Crippen molar-refractivity contribution in [3.63, 3.8) is 0 Å². The molecule has 4 heteroatoms. The number of halogens is 2. The number of hydrogen-bond donors (Lipinski definition) is 1. The van der Waals surface area contributed by atoms with Crippen LogP contribution in [0.25, 0.3) is 0 Å². The third kappa shape index (κ3) is 2.10. The largest absolute Gasteiger partial charge is 0.387 e. The van der Waals surface area contributed by atoms with Crippen molar-refractivity contribution in [2.45, 2.75) is 24.9 Å². The number of hydrogen-bond acceptors (Lipinski definition) is 2. The van der Waals surface area contributed by atoms with E-state index in [1.807, 2.05) is 0 Å². The van der Waals surface area contributed by atoms with Gasteiger partial charge in [0.1, 0.15) is 6.10 Å². The van der Waals surface area contributed by atoms with E-state index in [2.05, 4.69) is 0 Å². The highest BCUT2D eigenvalue weighted by atomic mass is 19.3. The quantitative estimate of drug-likeness (QED) is 0.571. The summed E-state index contributed by atoms with van der Waals surface area (Å²) >= 11 is 0. The summed E-state index contributed by atoms with van der Waals surface area (Å²) in [6.07, 6.45) is -0.600. The molecule has 0 aromatic heterocycles. The van der Waals surface area contributed by atoms with Crippen LogP contribution in [0.3, 0.4) is 0 Å². The topological polar surface area (TPSA) is 23.5 Å². The molecule has 0 amide bonds. The van der Waals surface area contributed by atoms with Gasteiger partial charge in [0.25, 0.3) is 5.92 Å². The van der Waals surface area contributed by atoms with Crippen LogP contribution in [0.1, 0.15) is 12.8 Å². The highest BCUT2D eigenvalue weighted by molar-refractivity contribution is 4.82. The second-order valence-electron chi connectivity index (χ2n) is 3.16. The SMILES string of the molecule is CN1CCCC(O)C(F)(F)C1. The number of alkyl halides is 2. The van der Waals surface area contributed by atoms with Gasteiger partial charge < -0.3 is 10.0 Å². The van der Waals surface area contributed by atoms with Crippen molar-refractivity contribution in [1.29, 1.82) is 0 Å². The fourth-order valence-corrected chi connectivity index (χ4v) is 1.31. The molecule has 0 aromatic rings. The minimum Gasteiger partial charge on any atom is -0.387 e. The molecule has 1 unspecified atom stereocenters. The van der Waals surface area contributed by atoms with E-state index in [0.717, 1.165) is 0 Å². The highest BCUT2D eigenvalue weighted by Gasteiger charge is 2.40. The van der Waals surface area contributed by atoms with Gasteiger partial charge in [-0.3, -0.25) is 0 Å². The van der Waals surface area contributed by atoms with Crippen LogP contribution in [-0.2, 0) is 0 Å². The number of nitrogens with zero attached hydrogens (tertiary/aromatic N) is 1. The molecule has 66 valence electrons. The first-order valence-electron chi connectivity index (χ1n) is 3.77. The van der Waals surface area contributed by atoms with Gasteiger partial charge in [-0.15, -0.1) is 0 Å². The van der Waals surface area contributed by atoms with Gasteiger partial charge in [-0.1, -0.05) is 0 Å². The Morgan fingerprint density at radius 2 is 2.18 bits per heavy atom. The van der Waals surface area contributed by atoms with Gasteiger partial charge in [0.05, 0.1) is 6.54 Å². The average molecular weight is 165 g/mol. The number of rotatable bonds is 0. The maximum atomic E-state index is 12.8. The van der Waals surface area contributed by atoms with E-state index < -0.39 is 12.0 Å². The second-order valence-corrected chi connectivity index (χ2v) is 3.16. The average Bonchev–Trinajstić information content (AvgIpc) is 1.93. The van der Waals surface area contributed by atoms with Crippen LogP contribution in [-0.4, -0.2) is 42.2 Å². The van der Waals surface area contributed by atoms with Crippen LogP contribution in [0.4, 0.5) is 8.78 Å². The van der Waals surface area contributed by atoms with Crippen LogP contribution >= 0.6 is 0 Å². The Labute approximate surface area is 64.8 Å². The van der Waals surface area contributed by atoms with E-state index in [-0.39, 0.29) is 13.0 Å². The van der Waals surface area contributed by atoms with Gasteiger partial charge in [-0.2, -0.15) is 0 Å². The van der Waals surface area contributed by atoms with Gasteiger partial charge in [-0.05, 0) is 26.4 Å². The molecule has 0 spiro atoms. The Morgan fingerprint density at radius 1 is 1.55 bits per heavy atom. The summed E-state index contributed by atoms with van der Waals surface area (Å²) in [5.41, 5.74) is 0. The van der Waals surface area contributed by atoms with E-state index in [1.165, 1.54) is 0 Å². The first-order valence-corrected chi connectivity index (χ1v) is 3.77. The van der Waals surface area contributed by atoms with E-state index in [1.54, 1.807) is 11.9 Å². The van der Waals surface area contributed by atoms with E-state index >= 15 is 0 Å². The van der Waals surface area contributed by atoms with Crippen LogP contribution in [0.2, 0.25) is 0 Å². The van der Waals surface area contributed by atoms with Crippen LogP contribution < -0.4 is 0 Å². The molecule has 1 heterocycles. The molecule has 1 rings (SSSR count). The first kappa shape index (κ1) is 8.87. The lowest BCUT2D eigenvalue weighted by Crippen LogP contribution is -2.40. The molecule has 11 heavy (non-hydrogen) atoms. The molecule has 1 aliphatic heterocycles. The summed E-state index contributed by atoms with van der Waals surface area (Å²) in [4.78, 5) is 1.55. The molecule has 0 saturated carbocycles. The molecule has 1 N–H and O–H groups in total. The minimum atomic E-state index is -2.93. The standard InChI is InChI=1S/C7H13F2NO/c1-10-4-2-3-6(11)7(8,9)5-10/h6,11H,2-5H2,1H3. The molecule has 0 aromatic carbocycles. The Hall–Kier alpha value is -0.220. The van der Waals surface area contributed by atoms with Crippen LogP contribution in [0, 0.1) is 0 Å². The van der Waals surface area contributed by atoms with Crippen molar-refractivity contribution in [1.82, 2.24) is 4.90 Å². The van der Waals surface area contributed by atoms with Gasteiger partial charge in [0.2, 0.25) is 0 Å². The molecule has 2 nitrogen and oxygen atoms in total. The zero-order valence-corrected chi connectivity index (χ0v) is 6.56. The van der Waals surface area contributed by atoms with Gasteiger partial charge in [0.15, 0.2) is 0 Å². The third-order valence-electron chi connectivity index (χ3n) is 1.99. The Morgan fingerprint density at radius 3 is 2.82 bits per heavy atom. The lowest BCUT2D eigenvalue weighted by molar-refractivity contribution is -0.114. The number of aliphatic hydroxyl groups excluding tert-OH is 1. The fourth-order valence-electron chi connectivity index (χ4n) is 1.31. The molecule has 1 saturated heterocycles. The predicted octanol–water partition coefficient (Wildman–Crippen LogP) is 0.708. The summed E-state index contributed by atoms with van der Waals surface area (Å²) in [5, 5.41) is 8.96. The lowest BCUT2D eigenvalue weighted by atomic mass is 10.1. The highest BCUT2D eigenvalue weighted by Crippen LogP contribution is 2.25. The summed E-state index contributed by atoms with van der Waals surface area (Å²) in [6, 6.07) is 0. The summed E-state index contributed by atoms with van der Waals surface area (Å²) < 4.78 is 25.6. The van der Waals surface area contributed by atoms with Crippen molar-refractivity contribution in [2.24, 2.45) is 0 Å². The molecule has 1 fully saturated rings. The van der Waals surface area contributed by atoms with Gasteiger partial charge >= 0.3 is 0 Å². The molecule has 1 aliphatic rings. The smallest absolute Gasteiger partial charge is 0.285 e. The lowest BCUT2D eigenvalue weighted by Gasteiger charge is -2.22. The monoisotopic (exact) mass is 165 g/mol. The summed E-state index contributed by atoms with van der Waals surface area (Å²) in [7, 11) is 1.64. The molecule has 0 radical (unpaired) electrons. The van der Waals surface area contributed by atoms with E-state index in [0.29, 0.717) is 13.0 Å². The summed E-state index contributed by atoms with van der Waals surface area (Å²) in [5.74, 6) is -2.93. The third-order valence-corrected chi connectivity index (χ3v) is 1.99. The number of aliphatic hydroxyl groups is 1. The zero-order valence-electron chi connectivity index (χ0n) is 6.56. The maximum Gasteiger partial charge on any atom is 0.285 e. The van der Waals surface area contributed by atoms with Gasteiger partial charge in [0, 0.05) is 0 Å². The molecule has 0 bridgehead atoms. The molecular formula is C7H13F2NO. The van der Waals surface area contributed by atoms with Crippen molar-refractivity contribution in [2.75, 3.05) is 20.1 Å². The maximum absolute atomic E-state index is 12.8. The second kappa shape index (κ2) is 3.03. The Balaban J connectivity index is 2.60. The van der Waals surface area contributed by atoms with Crippen molar-refractivity contribution in [3.05, 3.63) is 0 Å². The Bertz CT molecular complexity index is 140. The first-order chi connectivity index (χ1) is 5.02. The molecule has 1 atom stereocenters. The van der Waals surface area contributed by atoms with Crippen molar-refractivity contribution >= 4 is 0 Å². The van der Waals surface area contributed by atoms with Crippen LogP contribution in [0.5, 0.6) is 0 Å². The van der Waals surface area contributed by atoms with E-state index in [9.17, 15) is 8.78 Å².